The minimum Gasteiger partial charge on any atom is -0.388 e. The summed E-state index contributed by atoms with van der Waals surface area (Å²) < 4.78 is 4.55. The van der Waals surface area contributed by atoms with Gasteiger partial charge in [0, 0.05) is 0 Å². The topological polar surface area (TPSA) is 105 Å². The number of hydrogen-bond donors (Lipinski definition) is 4. The van der Waals surface area contributed by atoms with E-state index in [4.69, 9.17) is 21.2 Å². The lowest BCUT2D eigenvalue weighted by atomic mass is 10.1. The molecule has 0 aliphatic carbocycles. The van der Waals surface area contributed by atoms with Crippen molar-refractivity contribution in [2.45, 2.75) is 24.6 Å². The Balaban J connectivity index is 2.55. The van der Waals surface area contributed by atoms with Crippen molar-refractivity contribution in [2.24, 2.45) is 5.90 Å². The maximum Gasteiger partial charge on any atom is 0.183 e. The Morgan fingerprint density at radius 3 is 2.45 bits per heavy atom. The Bertz CT molecular complexity index is 132. The highest BCUT2D eigenvalue weighted by Gasteiger charge is 2.38. The lowest BCUT2D eigenvalue weighted by Crippen LogP contribution is -2.54. The second-order valence-electron chi connectivity index (χ2n) is 2.38. The van der Waals surface area contributed by atoms with E-state index in [1.807, 2.05) is 0 Å². The molecule has 0 aromatic carbocycles. The highest BCUT2D eigenvalue weighted by Crippen LogP contribution is 2.14. The van der Waals surface area contributed by atoms with Crippen molar-refractivity contribution in [1.29, 1.82) is 0 Å². The lowest BCUT2D eigenvalue weighted by molar-refractivity contribution is -0.263. The molecule has 66 valence electrons. The van der Waals surface area contributed by atoms with Crippen LogP contribution in [0.15, 0.2) is 0 Å². The number of aliphatic hydroxyl groups is 3. The van der Waals surface area contributed by atoms with Gasteiger partial charge in [0.25, 0.3) is 0 Å². The summed E-state index contributed by atoms with van der Waals surface area (Å²) in [6.45, 7) is -0.0971. The van der Waals surface area contributed by atoms with Crippen LogP contribution in [0.2, 0.25) is 0 Å². The average molecular weight is 165 g/mol. The van der Waals surface area contributed by atoms with Gasteiger partial charge in [0.1, 0.15) is 18.3 Å². The van der Waals surface area contributed by atoms with Gasteiger partial charge in [0.15, 0.2) is 6.29 Å². The van der Waals surface area contributed by atoms with E-state index in [0.717, 1.165) is 0 Å². The molecular weight excluding hydrogens is 154 g/mol. The second-order valence-corrected chi connectivity index (χ2v) is 2.38. The Kier molecular flexibility index (Phi) is 2.77. The van der Waals surface area contributed by atoms with Crippen molar-refractivity contribution < 1.29 is 24.9 Å². The molecule has 1 saturated heterocycles. The Morgan fingerprint density at radius 1 is 1.36 bits per heavy atom. The highest BCUT2D eigenvalue weighted by molar-refractivity contribution is 4.82. The average Bonchev–Trinajstić information content (AvgIpc) is 1.99. The third-order valence-electron chi connectivity index (χ3n) is 1.60. The summed E-state index contributed by atoms with van der Waals surface area (Å²) in [4.78, 5) is 4.25. The fraction of sp³-hybridized carbons (Fsp3) is 1.00. The molecule has 0 radical (unpaired) electrons. The highest BCUT2D eigenvalue weighted by atomic mass is 16.7. The van der Waals surface area contributed by atoms with E-state index < -0.39 is 24.6 Å². The van der Waals surface area contributed by atoms with Crippen LogP contribution in [0.25, 0.3) is 0 Å². The van der Waals surface area contributed by atoms with Gasteiger partial charge in [-0.1, -0.05) is 0 Å². The Hall–Kier alpha value is -0.240. The van der Waals surface area contributed by atoms with Crippen LogP contribution in [-0.4, -0.2) is 46.5 Å². The lowest BCUT2D eigenvalue weighted by Gasteiger charge is -2.33. The summed E-state index contributed by atoms with van der Waals surface area (Å²) in [5.41, 5.74) is 0. The van der Waals surface area contributed by atoms with Crippen LogP contribution in [0.3, 0.4) is 0 Å². The number of ether oxygens (including phenoxy) is 1. The van der Waals surface area contributed by atoms with Crippen LogP contribution in [0.4, 0.5) is 0 Å². The summed E-state index contributed by atoms with van der Waals surface area (Å²) in [6, 6.07) is 0. The number of nitrogens with two attached hydrogens (primary N) is 1. The quantitative estimate of drug-likeness (QED) is 0.315. The molecule has 0 aromatic heterocycles. The minimum atomic E-state index is -1.34. The van der Waals surface area contributed by atoms with Gasteiger partial charge < -0.3 is 20.1 Å². The van der Waals surface area contributed by atoms with E-state index in [9.17, 15) is 0 Å². The van der Waals surface area contributed by atoms with Crippen LogP contribution in [0.1, 0.15) is 0 Å². The molecule has 0 amide bonds. The standard InChI is InChI=1S/C5H11NO5/c6-11-4-2(7)1-10-5(9)3(4)8/h2-5,7-9H,1,6H2. The molecule has 1 rings (SSSR count). The molecule has 5 N–H and O–H groups in total. The van der Waals surface area contributed by atoms with Crippen molar-refractivity contribution in [1.82, 2.24) is 0 Å². The summed E-state index contributed by atoms with van der Waals surface area (Å²) in [6.07, 6.45) is -4.63. The monoisotopic (exact) mass is 165 g/mol. The van der Waals surface area contributed by atoms with E-state index in [2.05, 4.69) is 9.57 Å². The largest absolute Gasteiger partial charge is 0.388 e. The van der Waals surface area contributed by atoms with Gasteiger partial charge in [-0.25, -0.2) is 5.90 Å². The van der Waals surface area contributed by atoms with Crippen molar-refractivity contribution in [3.63, 3.8) is 0 Å². The minimum absolute atomic E-state index is 0.0971. The SMILES string of the molecule is NOC1C(O)COC(O)C1O. The third kappa shape index (κ3) is 1.67. The van der Waals surface area contributed by atoms with E-state index in [-0.39, 0.29) is 6.61 Å². The van der Waals surface area contributed by atoms with Crippen LogP contribution < -0.4 is 5.90 Å². The first-order chi connectivity index (χ1) is 5.16. The molecule has 11 heavy (non-hydrogen) atoms. The number of aliphatic hydroxyl groups excluding tert-OH is 3. The summed E-state index contributed by atoms with van der Waals surface area (Å²) in [7, 11) is 0. The molecular formula is C5H11NO5. The van der Waals surface area contributed by atoms with Gasteiger partial charge >= 0.3 is 0 Å². The first-order valence-electron chi connectivity index (χ1n) is 3.18. The molecule has 6 nitrogen and oxygen atoms in total. The third-order valence-corrected chi connectivity index (χ3v) is 1.60. The molecule has 1 heterocycles. The Morgan fingerprint density at radius 2 is 2.00 bits per heavy atom. The summed E-state index contributed by atoms with van der Waals surface area (Å²) in [5.74, 6) is 4.76. The van der Waals surface area contributed by atoms with Crippen LogP contribution in [0.5, 0.6) is 0 Å². The second kappa shape index (κ2) is 3.44. The normalized spacial score (nSPS) is 45.8. The molecule has 0 spiro atoms. The molecule has 6 heteroatoms. The number of rotatable bonds is 1. The molecule has 4 atom stereocenters. The predicted octanol–water partition coefficient (Wildman–Crippen LogP) is -2.68. The maximum absolute atomic E-state index is 9.07. The van der Waals surface area contributed by atoms with E-state index in [1.54, 1.807) is 0 Å². The zero-order valence-corrected chi connectivity index (χ0v) is 5.75. The van der Waals surface area contributed by atoms with Gasteiger partial charge in [0.2, 0.25) is 0 Å². The first kappa shape index (κ1) is 8.85. The van der Waals surface area contributed by atoms with Crippen LogP contribution in [0, 0.1) is 0 Å². The molecule has 0 bridgehead atoms. The maximum atomic E-state index is 9.07. The molecule has 1 aliphatic heterocycles. The molecule has 0 saturated carbocycles. The van der Waals surface area contributed by atoms with E-state index in [0.29, 0.717) is 0 Å². The zero-order valence-electron chi connectivity index (χ0n) is 5.75. The predicted molar refractivity (Wildman–Crippen MR) is 33.0 cm³/mol. The molecule has 4 unspecified atom stereocenters. The summed E-state index contributed by atoms with van der Waals surface area (Å²) >= 11 is 0. The van der Waals surface area contributed by atoms with Crippen molar-refractivity contribution in [3.05, 3.63) is 0 Å². The number of hydrogen-bond acceptors (Lipinski definition) is 6. The van der Waals surface area contributed by atoms with Crippen LogP contribution in [-0.2, 0) is 9.57 Å². The zero-order chi connectivity index (χ0) is 8.43. The van der Waals surface area contributed by atoms with Crippen molar-refractivity contribution in [3.8, 4) is 0 Å². The van der Waals surface area contributed by atoms with Gasteiger partial charge in [-0.2, -0.15) is 0 Å². The van der Waals surface area contributed by atoms with E-state index in [1.165, 1.54) is 0 Å². The van der Waals surface area contributed by atoms with Gasteiger partial charge in [0.05, 0.1) is 6.61 Å². The van der Waals surface area contributed by atoms with Crippen LogP contribution >= 0.6 is 0 Å². The first-order valence-corrected chi connectivity index (χ1v) is 3.18. The van der Waals surface area contributed by atoms with Gasteiger partial charge in [-0.3, -0.25) is 4.84 Å². The Labute approximate surface area is 63.1 Å². The smallest absolute Gasteiger partial charge is 0.183 e. The van der Waals surface area contributed by atoms with Crippen molar-refractivity contribution >= 4 is 0 Å². The van der Waals surface area contributed by atoms with Gasteiger partial charge in [-0.15, -0.1) is 0 Å². The molecule has 0 aromatic rings. The summed E-state index contributed by atoms with van der Waals surface area (Å²) in [5, 5.41) is 27.0. The fourth-order valence-electron chi connectivity index (χ4n) is 0.952. The van der Waals surface area contributed by atoms with Crippen molar-refractivity contribution in [2.75, 3.05) is 6.61 Å². The fourth-order valence-corrected chi connectivity index (χ4v) is 0.952. The molecule has 1 fully saturated rings. The van der Waals surface area contributed by atoms with Gasteiger partial charge in [-0.05, 0) is 0 Å². The van der Waals surface area contributed by atoms with E-state index >= 15 is 0 Å². The molecule has 1 aliphatic rings.